The Labute approximate surface area is 118 Å². The van der Waals surface area contributed by atoms with Crippen LogP contribution in [-0.2, 0) is 12.7 Å². The van der Waals surface area contributed by atoms with Gasteiger partial charge in [0.2, 0.25) is 0 Å². The van der Waals surface area contributed by atoms with Gasteiger partial charge in [-0.25, -0.2) is 4.98 Å². The molecule has 7 heteroatoms. The number of benzene rings is 1. The van der Waals surface area contributed by atoms with Crippen LogP contribution in [0.1, 0.15) is 21.6 Å². The fraction of sp³-hybridized carbons (Fsp3) is 0.143. The number of rotatable bonds is 3. The maximum atomic E-state index is 12.4. The molecule has 4 nitrogen and oxygen atoms in total. The van der Waals surface area contributed by atoms with Crippen molar-refractivity contribution in [3.8, 4) is 0 Å². The lowest BCUT2D eigenvalue weighted by molar-refractivity contribution is -0.137. The maximum absolute atomic E-state index is 12.4. The quantitative estimate of drug-likeness (QED) is 0.914. The number of nitrogens with zero attached hydrogens (tertiary/aromatic N) is 1. The number of nitrogens with two attached hydrogens (primary N) is 1. The molecule has 2 rings (SSSR count). The molecule has 0 fully saturated rings. The van der Waals surface area contributed by atoms with Gasteiger partial charge in [0.05, 0.1) is 11.3 Å². The zero-order valence-corrected chi connectivity index (χ0v) is 10.8. The van der Waals surface area contributed by atoms with Gasteiger partial charge in [0.25, 0.3) is 5.91 Å². The van der Waals surface area contributed by atoms with Gasteiger partial charge in [-0.15, -0.1) is 0 Å². The Morgan fingerprint density at radius 3 is 2.43 bits per heavy atom. The van der Waals surface area contributed by atoms with E-state index in [0.29, 0.717) is 5.56 Å². The third-order valence-corrected chi connectivity index (χ3v) is 2.79. The molecule has 0 aliphatic carbocycles. The first-order valence-electron chi connectivity index (χ1n) is 6.03. The van der Waals surface area contributed by atoms with Crippen LogP contribution in [0.2, 0.25) is 0 Å². The smallest absolute Gasteiger partial charge is 0.397 e. The van der Waals surface area contributed by atoms with Crippen molar-refractivity contribution < 1.29 is 18.0 Å². The van der Waals surface area contributed by atoms with Gasteiger partial charge in [-0.05, 0) is 29.8 Å². The Hall–Kier alpha value is -2.57. The van der Waals surface area contributed by atoms with E-state index in [1.165, 1.54) is 18.3 Å². The molecule has 0 bridgehead atoms. The molecule has 0 spiro atoms. The zero-order valence-electron chi connectivity index (χ0n) is 10.8. The summed E-state index contributed by atoms with van der Waals surface area (Å²) in [5, 5.41) is 2.55. The molecular formula is C14H12F3N3O. The fourth-order valence-corrected chi connectivity index (χ4v) is 1.69. The van der Waals surface area contributed by atoms with Gasteiger partial charge in [-0.2, -0.15) is 13.2 Å². The van der Waals surface area contributed by atoms with E-state index in [1.807, 2.05) is 0 Å². The van der Waals surface area contributed by atoms with E-state index in [4.69, 9.17) is 5.73 Å². The summed E-state index contributed by atoms with van der Waals surface area (Å²) in [5.41, 5.74) is 5.75. The van der Waals surface area contributed by atoms with Gasteiger partial charge in [-0.1, -0.05) is 12.1 Å². The lowest BCUT2D eigenvalue weighted by Gasteiger charge is -2.09. The number of carbonyl (C=O) groups excluding carboxylic acids is 1. The average Bonchev–Trinajstić information content (AvgIpc) is 2.45. The molecule has 0 aliphatic heterocycles. The van der Waals surface area contributed by atoms with E-state index in [9.17, 15) is 18.0 Å². The standard InChI is InChI=1S/C14H12F3N3O/c15-14(16,17)10-5-3-9(4-6-10)8-20-13(21)12-11(18)2-1-7-19-12/h1-7H,8,18H2,(H,20,21). The topological polar surface area (TPSA) is 68.0 Å². The summed E-state index contributed by atoms with van der Waals surface area (Å²) in [6.45, 7) is 0.0903. The predicted molar refractivity (Wildman–Crippen MR) is 71.3 cm³/mol. The van der Waals surface area contributed by atoms with Crippen molar-refractivity contribution in [2.45, 2.75) is 12.7 Å². The van der Waals surface area contributed by atoms with Crippen LogP contribution >= 0.6 is 0 Å². The van der Waals surface area contributed by atoms with Gasteiger partial charge < -0.3 is 11.1 Å². The molecule has 1 aromatic carbocycles. The molecule has 0 saturated carbocycles. The second-order valence-corrected chi connectivity index (χ2v) is 4.32. The Morgan fingerprint density at radius 1 is 1.19 bits per heavy atom. The lowest BCUT2D eigenvalue weighted by Crippen LogP contribution is -2.24. The molecule has 2 aromatic rings. The van der Waals surface area contributed by atoms with Crippen LogP contribution in [0.15, 0.2) is 42.6 Å². The van der Waals surface area contributed by atoms with Crippen molar-refractivity contribution in [3.63, 3.8) is 0 Å². The number of hydrogen-bond acceptors (Lipinski definition) is 3. The van der Waals surface area contributed by atoms with Crippen molar-refractivity contribution >= 4 is 11.6 Å². The first kappa shape index (κ1) is 14.8. The highest BCUT2D eigenvalue weighted by atomic mass is 19.4. The Morgan fingerprint density at radius 2 is 1.86 bits per heavy atom. The zero-order chi connectivity index (χ0) is 15.5. The molecule has 3 N–H and O–H groups in total. The van der Waals surface area contributed by atoms with E-state index >= 15 is 0 Å². The highest BCUT2D eigenvalue weighted by Gasteiger charge is 2.29. The minimum absolute atomic E-state index is 0.0874. The summed E-state index contributed by atoms with van der Waals surface area (Å²) in [7, 11) is 0. The van der Waals surface area contributed by atoms with Crippen LogP contribution in [0.25, 0.3) is 0 Å². The molecule has 1 aromatic heterocycles. The molecule has 1 amide bonds. The molecule has 21 heavy (non-hydrogen) atoms. The molecule has 0 saturated heterocycles. The van der Waals surface area contributed by atoms with Crippen molar-refractivity contribution in [1.29, 1.82) is 0 Å². The summed E-state index contributed by atoms with van der Waals surface area (Å²) in [6, 6.07) is 7.70. The molecule has 110 valence electrons. The van der Waals surface area contributed by atoms with E-state index in [-0.39, 0.29) is 17.9 Å². The summed E-state index contributed by atoms with van der Waals surface area (Å²) in [4.78, 5) is 15.7. The first-order chi connectivity index (χ1) is 9.88. The van der Waals surface area contributed by atoms with E-state index in [1.54, 1.807) is 12.1 Å². The Kier molecular flexibility index (Phi) is 4.11. The van der Waals surface area contributed by atoms with Crippen molar-refractivity contribution in [2.24, 2.45) is 0 Å². The van der Waals surface area contributed by atoms with Crippen LogP contribution in [0, 0.1) is 0 Å². The highest BCUT2D eigenvalue weighted by molar-refractivity contribution is 5.96. The molecule has 0 aliphatic rings. The van der Waals surface area contributed by atoms with Crippen LogP contribution in [-0.4, -0.2) is 10.9 Å². The minimum atomic E-state index is -4.37. The third kappa shape index (κ3) is 3.71. The van der Waals surface area contributed by atoms with Crippen molar-refractivity contribution in [1.82, 2.24) is 10.3 Å². The van der Waals surface area contributed by atoms with Crippen LogP contribution in [0.5, 0.6) is 0 Å². The van der Waals surface area contributed by atoms with E-state index < -0.39 is 17.6 Å². The normalized spacial score (nSPS) is 11.2. The maximum Gasteiger partial charge on any atom is 0.416 e. The van der Waals surface area contributed by atoms with Crippen LogP contribution in [0.4, 0.5) is 18.9 Å². The number of aromatic nitrogens is 1. The number of carbonyl (C=O) groups is 1. The van der Waals surface area contributed by atoms with Crippen LogP contribution in [0.3, 0.4) is 0 Å². The average molecular weight is 295 g/mol. The predicted octanol–water partition coefficient (Wildman–Crippen LogP) is 2.61. The fourth-order valence-electron chi connectivity index (χ4n) is 1.69. The third-order valence-electron chi connectivity index (χ3n) is 2.79. The number of alkyl halides is 3. The van der Waals surface area contributed by atoms with Crippen molar-refractivity contribution in [3.05, 3.63) is 59.4 Å². The Balaban J connectivity index is 2.00. The van der Waals surface area contributed by atoms with E-state index in [0.717, 1.165) is 12.1 Å². The number of pyridine rings is 1. The number of anilines is 1. The van der Waals surface area contributed by atoms with Crippen molar-refractivity contribution in [2.75, 3.05) is 5.73 Å². The lowest BCUT2D eigenvalue weighted by atomic mass is 10.1. The largest absolute Gasteiger partial charge is 0.416 e. The first-order valence-corrected chi connectivity index (χ1v) is 6.03. The Bertz CT molecular complexity index is 639. The van der Waals surface area contributed by atoms with Gasteiger partial charge in [-0.3, -0.25) is 4.79 Å². The van der Waals surface area contributed by atoms with Crippen LogP contribution < -0.4 is 11.1 Å². The molecule has 0 atom stereocenters. The highest BCUT2D eigenvalue weighted by Crippen LogP contribution is 2.29. The van der Waals surface area contributed by atoms with Gasteiger partial charge in [0, 0.05) is 12.7 Å². The number of halogens is 3. The summed E-state index contributed by atoms with van der Waals surface area (Å²) in [5.74, 6) is -0.479. The second-order valence-electron chi connectivity index (χ2n) is 4.32. The summed E-state index contributed by atoms with van der Waals surface area (Å²) < 4.78 is 37.2. The summed E-state index contributed by atoms with van der Waals surface area (Å²) in [6.07, 6.45) is -2.94. The number of amides is 1. The van der Waals surface area contributed by atoms with Gasteiger partial charge in [0.1, 0.15) is 0 Å². The number of hydrogen-bond donors (Lipinski definition) is 2. The molecular weight excluding hydrogens is 283 g/mol. The second kappa shape index (κ2) is 5.82. The van der Waals surface area contributed by atoms with Gasteiger partial charge >= 0.3 is 6.18 Å². The number of nitrogens with one attached hydrogen (secondary N) is 1. The monoisotopic (exact) mass is 295 g/mol. The van der Waals surface area contributed by atoms with Gasteiger partial charge in [0.15, 0.2) is 5.69 Å². The summed E-state index contributed by atoms with van der Waals surface area (Å²) >= 11 is 0. The molecule has 1 heterocycles. The minimum Gasteiger partial charge on any atom is -0.397 e. The molecule has 0 unspecified atom stereocenters. The number of nitrogen functional groups attached to an aromatic ring is 1. The molecule has 0 radical (unpaired) electrons. The van der Waals surface area contributed by atoms with E-state index in [2.05, 4.69) is 10.3 Å². The SMILES string of the molecule is Nc1cccnc1C(=O)NCc1ccc(C(F)(F)F)cc1.